The molecule has 7 heteroatoms. The number of hydrogen-bond donors (Lipinski definition) is 1. The highest BCUT2D eigenvalue weighted by Crippen LogP contribution is 2.29. The summed E-state index contributed by atoms with van der Waals surface area (Å²) in [6, 6.07) is 3.94. The van der Waals surface area contributed by atoms with E-state index in [4.69, 9.17) is 14.5 Å². The summed E-state index contributed by atoms with van der Waals surface area (Å²) in [6.45, 7) is 5.81. The standard InChI is InChI=1S/C20H30N4O3/c1-3-21-20(24-10-8-17(9-11-24)19(25)26-2)23-13-16-6-7-18(22-12-16)27-14-15-4-5-15/h6-7,12,15,17H,3-5,8-11,13-14H2,1-2H3,(H,21,23). The Morgan fingerprint density at radius 3 is 2.67 bits per heavy atom. The van der Waals surface area contributed by atoms with Crippen molar-refractivity contribution in [1.29, 1.82) is 0 Å². The number of aliphatic imine (C=N–C) groups is 1. The zero-order valence-corrected chi connectivity index (χ0v) is 16.3. The first-order valence-corrected chi connectivity index (χ1v) is 9.88. The number of carbonyl (C=O) groups is 1. The minimum absolute atomic E-state index is 0.00140. The van der Waals surface area contributed by atoms with Crippen LogP contribution in [-0.2, 0) is 16.1 Å². The fourth-order valence-electron chi connectivity index (χ4n) is 3.16. The maximum Gasteiger partial charge on any atom is 0.308 e. The first kappa shape index (κ1) is 19.5. The second kappa shape index (κ2) is 9.58. The van der Waals surface area contributed by atoms with E-state index in [1.165, 1.54) is 20.0 Å². The number of nitrogens with zero attached hydrogens (tertiary/aromatic N) is 3. The van der Waals surface area contributed by atoms with Crippen molar-refractivity contribution in [2.75, 3.05) is 33.4 Å². The summed E-state index contributed by atoms with van der Waals surface area (Å²) in [4.78, 5) is 23.0. The Kier molecular flexibility index (Phi) is 6.90. The van der Waals surface area contributed by atoms with Crippen LogP contribution < -0.4 is 10.1 Å². The first-order valence-electron chi connectivity index (χ1n) is 9.88. The highest BCUT2D eigenvalue weighted by molar-refractivity contribution is 5.80. The van der Waals surface area contributed by atoms with Crippen molar-refractivity contribution in [3.63, 3.8) is 0 Å². The number of piperidine rings is 1. The van der Waals surface area contributed by atoms with Gasteiger partial charge in [-0.15, -0.1) is 0 Å². The Hall–Kier alpha value is -2.31. The summed E-state index contributed by atoms with van der Waals surface area (Å²) in [5.74, 6) is 2.19. The first-order chi connectivity index (χ1) is 13.2. The summed E-state index contributed by atoms with van der Waals surface area (Å²) < 4.78 is 10.5. The van der Waals surface area contributed by atoms with Gasteiger partial charge in [0, 0.05) is 31.9 Å². The SMILES string of the molecule is CCNC(=NCc1ccc(OCC2CC2)nc1)N1CCC(C(=O)OC)CC1. The lowest BCUT2D eigenvalue weighted by molar-refractivity contribution is -0.146. The molecule has 27 heavy (non-hydrogen) atoms. The largest absolute Gasteiger partial charge is 0.477 e. The van der Waals surface area contributed by atoms with E-state index in [9.17, 15) is 4.79 Å². The lowest BCUT2D eigenvalue weighted by Crippen LogP contribution is -2.46. The third-order valence-electron chi connectivity index (χ3n) is 5.04. The predicted octanol–water partition coefficient (Wildman–Crippen LogP) is 2.22. The molecule has 2 heterocycles. The Morgan fingerprint density at radius 2 is 2.07 bits per heavy atom. The summed E-state index contributed by atoms with van der Waals surface area (Å²) in [6.07, 6.45) is 5.98. The molecule has 0 unspecified atom stereocenters. The molecule has 0 radical (unpaired) electrons. The maximum absolute atomic E-state index is 11.7. The van der Waals surface area contributed by atoms with Gasteiger partial charge in [0.15, 0.2) is 5.96 Å². The quantitative estimate of drug-likeness (QED) is 0.448. The number of pyridine rings is 1. The van der Waals surface area contributed by atoms with E-state index in [1.54, 1.807) is 0 Å². The Bertz CT molecular complexity index is 635. The van der Waals surface area contributed by atoms with E-state index in [-0.39, 0.29) is 11.9 Å². The van der Waals surface area contributed by atoms with Gasteiger partial charge < -0.3 is 19.7 Å². The van der Waals surface area contributed by atoms with Crippen molar-refractivity contribution in [2.45, 2.75) is 39.2 Å². The molecule has 148 valence electrons. The van der Waals surface area contributed by atoms with Gasteiger partial charge in [0.05, 0.1) is 26.2 Å². The van der Waals surface area contributed by atoms with Crippen LogP contribution in [0.2, 0.25) is 0 Å². The van der Waals surface area contributed by atoms with Gasteiger partial charge >= 0.3 is 5.97 Å². The van der Waals surface area contributed by atoms with Crippen LogP contribution >= 0.6 is 0 Å². The Balaban J connectivity index is 1.53. The zero-order chi connectivity index (χ0) is 19.1. The summed E-state index contributed by atoms with van der Waals surface area (Å²) in [7, 11) is 1.45. The molecule has 0 amide bonds. The van der Waals surface area contributed by atoms with Crippen LogP contribution in [0.15, 0.2) is 23.3 Å². The van der Waals surface area contributed by atoms with Crippen LogP contribution in [0.4, 0.5) is 0 Å². The third-order valence-corrected chi connectivity index (χ3v) is 5.04. The van der Waals surface area contributed by atoms with Gasteiger partial charge in [0.1, 0.15) is 0 Å². The van der Waals surface area contributed by atoms with E-state index in [0.717, 1.165) is 56.5 Å². The van der Waals surface area contributed by atoms with Gasteiger partial charge in [0.2, 0.25) is 5.88 Å². The molecular formula is C20H30N4O3. The predicted molar refractivity (Wildman–Crippen MR) is 104 cm³/mol. The highest BCUT2D eigenvalue weighted by atomic mass is 16.5. The van der Waals surface area contributed by atoms with Crippen molar-refractivity contribution in [2.24, 2.45) is 16.8 Å². The summed E-state index contributed by atoms with van der Waals surface area (Å²) in [5.41, 5.74) is 1.05. The van der Waals surface area contributed by atoms with Crippen molar-refractivity contribution in [3.8, 4) is 5.88 Å². The second-order valence-electron chi connectivity index (χ2n) is 7.21. The van der Waals surface area contributed by atoms with Gasteiger partial charge in [-0.25, -0.2) is 9.98 Å². The lowest BCUT2D eigenvalue weighted by Gasteiger charge is -2.33. The molecule has 1 aromatic rings. The molecule has 2 fully saturated rings. The number of methoxy groups -OCH3 is 1. The minimum Gasteiger partial charge on any atom is -0.477 e. The molecule has 1 aliphatic heterocycles. The fourth-order valence-corrected chi connectivity index (χ4v) is 3.16. The van der Waals surface area contributed by atoms with Crippen molar-refractivity contribution < 1.29 is 14.3 Å². The molecule has 0 spiro atoms. The van der Waals surface area contributed by atoms with E-state index in [1.807, 2.05) is 18.3 Å². The molecule has 7 nitrogen and oxygen atoms in total. The van der Waals surface area contributed by atoms with Gasteiger partial charge in [0.25, 0.3) is 0 Å². The molecule has 1 aliphatic carbocycles. The number of hydrogen-bond acceptors (Lipinski definition) is 5. The van der Waals surface area contributed by atoms with Crippen LogP contribution in [0.25, 0.3) is 0 Å². The number of guanidine groups is 1. The molecule has 2 aliphatic rings. The zero-order valence-electron chi connectivity index (χ0n) is 16.3. The summed E-state index contributed by atoms with van der Waals surface area (Å²) >= 11 is 0. The second-order valence-corrected chi connectivity index (χ2v) is 7.21. The van der Waals surface area contributed by atoms with E-state index in [0.29, 0.717) is 12.4 Å². The summed E-state index contributed by atoms with van der Waals surface area (Å²) in [5, 5.41) is 3.35. The van der Waals surface area contributed by atoms with Gasteiger partial charge in [-0.3, -0.25) is 4.79 Å². The van der Waals surface area contributed by atoms with Crippen molar-refractivity contribution in [3.05, 3.63) is 23.9 Å². The molecule has 3 rings (SSSR count). The number of ether oxygens (including phenoxy) is 2. The van der Waals surface area contributed by atoms with Crippen molar-refractivity contribution in [1.82, 2.24) is 15.2 Å². The molecule has 1 saturated heterocycles. The number of aromatic nitrogens is 1. The third kappa shape index (κ3) is 5.84. The van der Waals surface area contributed by atoms with Crippen LogP contribution in [0.3, 0.4) is 0 Å². The average molecular weight is 374 g/mol. The number of nitrogens with one attached hydrogen (secondary N) is 1. The molecule has 0 atom stereocenters. The molecule has 1 aromatic heterocycles. The number of rotatable bonds is 7. The normalized spacial score (nSPS) is 18.3. The van der Waals surface area contributed by atoms with Gasteiger partial charge in [-0.2, -0.15) is 0 Å². The van der Waals surface area contributed by atoms with Crippen LogP contribution in [-0.4, -0.2) is 55.2 Å². The number of carbonyl (C=O) groups excluding carboxylic acids is 1. The molecule has 0 bridgehead atoms. The monoisotopic (exact) mass is 374 g/mol. The topological polar surface area (TPSA) is 76.1 Å². The Morgan fingerprint density at radius 1 is 1.30 bits per heavy atom. The van der Waals surface area contributed by atoms with Crippen LogP contribution in [0.1, 0.15) is 38.2 Å². The number of likely N-dealkylation sites (tertiary alicyclic amines) is 1. The Labute approximate surface area is 161 Å². The van der Waals surface area contributed by atoms with Crippen molar-refractivity contribution >= 4 is 11.9 Å². The highest BCUT2D eigenvalue weighted by Gasteiger charge is 2.27. The molecule has 0 aromatic carbocycles. The smallest absolute Gasteiger partial charge is 0.308 e. The number of esters is 1. The minimum atomic E-state index is -0.105. The van der Waals surface area contributed by atoms with Gasteiger partial charge in [-0.05, 0) is 44.1 Å². The fraction of sp³-hybridized carbons (Fsp3) is 0.650. The molecule has 1 saturated carbocycles. The lowest BCUT2D eigenvalue weighted by atomic mass is 9.97. The van der Waals surface area contributed by atoms with E-state index < -0.39 is 0 Å². The van der Waals surface area contributed by atoms with E-state index in [2.05, 4.69) is 22.1 Å². The van der Waals surface area contributed by atoms with Crippen LogP contribution in [0.5, 0.6) is 5.88 Å². The molecule has 1 N–H and O–H groups in total. The van der Waals surface area contributed by atoms with Gasteiger partial charge in [-0.1, -0.05) is 6.07 Å². The van der Waals surface area contributed by atoms with E-state index >= 15 is 0 Å². The average Bonchev–Trinajstić information content (AvgIpc) is 3.54. The maximum atomic E-state index is 11.7. The van der Waals surface area contributed by atoms with Crippen LogP contribution in [0, 0.1) is 11.8 Å². The molecular weight excluding hydrogens is 344 g/mol.